The number of carbonyl (C=O) groups excluding carboxylic acids is 2. The molecule has 0 spiro atoms. The lowest BCUT2D eigenvalue weighted by atomic mass is 10.1. The molecule has 2 aromatic heterocycles. The first kappa shape index (κ1) is 22.3. The SMILES string of the molecule is O=C1c2ccccc2C(=O)N1OCc1ccc2ncccc2c1.OCc1ccc2ncccc2c1. The molecule has 0 saturated carbocycles. The Morgan fingerprint density at radius 1 is 0.686 bits per heavy atom. The first-order chi connectivity index (χ1) is 17.1. The smallest absolute Gasteiger partial charge is 0.285 e. The molecule has 1 aliphatic rings. The topological polar surface area (TPSA) is 92.6 Å². The molecule has 3 heterocycles. The molecule has 0 saturated heterocycles. The number of aliphatic hydroxyl groups excluding tert-OH is 1. The minimum absolute atomic E-state index is 0.0881. The highest BCUT2D eigenvalue weighted by Gasteiger charge is 2.36. The zero-order valence-electron chi connectivity index (χ0n) is 18.7. The number of imide groups is 1. The number of hydrogen-bond acceptors (Lipinski definition) is 6. The maximum absolute atomic E-state index is 12.2. The minimum Gasteiger partial charge on any atom is -0.392 e. The first-order valence-electron chi connectivity index (χ1n) is 11.0. The lowest BCUT2D eigenvalue weighted by Crippen LogP contribution is -2.29. The summed E-state index contributed by atoms with van der Waals surface area (Å²) in [5, 5.41) is 11.8. The summed E-state index contributed by atoms with van der Waals surface area (Å²) in [5.41, 5.74) is 4.39. The molecule has 5 aromatic rings. The largest absolute Gasteiger partial charge is 0.392 e. The van der Waals surface area contributed by atoms with Crippen LogP contribution in [-0.4, -0.2) is 32.0 Å². The molecule has 7 nitrogen and oxygen atoms in total. The van der Waals surface area contributed by atoms with Gasteiger partial charge in [-0.25, -0.2) is 0 Å². The van der Waals surface area contributed by atoms with Crippen LogP contribution in [0.3, 0.4) is 0 Å². The molecule has 0 fully saturated rings. The fourth-order valence-corrected chi connectivity index (χ4v) is 3.86. The summed E-state index contributed by atoms with van der Waals surface area (Å²) in [6, 6.07) is 25.8. The van der Waals surface area contributed by atoms with E-state index in [9.17, 15) is 9.59 Å². The standard InChI is InChI=1S/C18H12N2O3.C10H9NO/c21-17-14-5-1-2-6-15(14)18(22)20(17)23-11-12-7-8-16-13(10-12)4-3-9-19-16;12-7-8-3-4-10-9(6-8)2-1-5-11-10/h1-10H,11H2;1-6,12H,7H2. The van der Waals surface area contributed by atoms with Crippen molar-refractivity contribution >= 4 is 33.6 Å². The van der Waals surface area contributed by atoms with Gasteiger partial charge in [0.25, 0.3) is 11.8 Å². The number of amides is 2. The van der Waals surface area contributed by atoms with Crippen molar-refractivity contribution in [2.75, 3.05) is 0 Å². The molecule has 7 heteroatoms. The molecule has 0 radical (unpaired) electrons. The van der Waals surface area contributed by atoms with E-state index >= 15 is 0 Å². The van der Waals surface area contributed by atoms with E-state index in [1.54, 1.807) is 36.7 Å². The van der Waals surface area contributed by atoms with Crippen LogP contribution in [0, 0.1) is 0 Å². The van der Waals surface area contributed by atoms with E-state index in [1.807, 2.05) is 60.7 Å². The van der Waals surface area contributed by atoms with Crippen LogP contribution in [0.2, 0.25) is 0 Å². The third-order valence-corrected chi connectivity index (χ3v) is 5.63. The molecule has 6 rings (SSSR count). The molecule has 3 aromatic carbocycles. The molecule has 0 bridgehead atoms. The lowest BCUT2D eigenvalue weighted by molar-refractivity contribution is -0.101. The van der Waals surface area contributed by atoms with E-state index in [2.05, 4.69) is 9.97 Å². The summed E-state index contributed by atoms with van der Waals surface area (Å²) in [4.78, 5) is 38.3. The van der Waals surface area contributed by atoms with Gasteiger partial charge in [0, 0.05) is 23.2 Å². The third kappa shape index (κ3) is 4.63. The second-order valence-corrected chi connectivity index (χ2v) is 7.94. The quantitative estimate of drug-likeness (QED) is 0.389. The number of fused-ring (bicyclic) bond motifs is 3. The fourth-order valence-electron chi connectivity index (χ4n) is 3.86. The van der Waals surface area contributed by atoms with Crippen LogP contribution < -0.4 is 0 Å². The van der Waals surface area contributed by atoms with Crippen LogP contribution in [0.4, 0.5) is 0 Å². The van der Waals surface area contributed by atoms with Gasteiger partial charge in [-0.05, 0) is 59.7 Å². The molecule has 0 atom stereocenters. The molecular weight excluding hydrogens is 442 g/mol. The minimum atomic E-state index is -0.423. The van der Waals surface area contributed by atoms with Crippen molar-refractivity contribution in [2.24, 2.45) is 0 Å². The molecule has 2 amide bonds. The Bertz CT molecular complexity index is 1520. The molecule has 0 aliphatic carbocycles. The van der Waals surface area contributed by atoms with Crippen LogP contribution in [0.5, 0.6) is 0 Å². The summed E-state index contributed by atoms with van der Waals surface area (Å²) < 4.78 is 0. The van der Waals surface area contributed by atoms with Gasteiger partial charge in [-0.15, -0.1) is 5.06 Å². The number of aromatic nitrogens is 2. The van der Waals surface area contributed by atoms with Gasteiger partial charge in [0.05, 0.1) is 28.8 Å². The first-order valence-corrected chi connectivity index (χ1v) is 11.0. The van der Waals surface area contributed by atoms with Crippen molar-refractivity contribution < 1.29 is 19.5 Å². The molecule has 1 N–H and O–H groups in total. The Morgan fingerprint density at radius 3 is 1.80 bits per heavy atom. The van der Waals surface area contributed by atoms with Crippen LogP contribution in [0.1, 0.15) is 31.8 Å². The van der Waals surface area contributed by atoms with Crippen LogP contribution in [0.25, 0.3) is 21.8 Å². The average molecular weight is 463 g/mol. The van der Waals surface area contributed by atoms with Gasteiger partial charge >= 0.3 is 0 Å². The van der Waals surface area contributed by atoms with Gasteiger partial charge in [-0.2, -0.15) is 0 Å². The second-order valence-electron chi connectivity index (χ2n) is 7.94. The lowest BCUT2D eigenvalue weighted by Gasteiger charge is -2.13. The van der Waals surface area contributed by atoms with Gasteiger partial charge in [-0.1, -0.05) is 36.4 Å². The summed E-state index contributed by atoms with van der Waals surface area (Å²) >= 11 is 0. The van der Waals surface area contributed by atoms with Gasteiger partial charge in [0.1, 0.15) is 6.61 Å². The summed E-state index contributed by atoms with van der Waals surface area (Å²) in [7, 11) is 0. The zero-order chi connectivity index (χ0) is 24.2. The summed E-state index contributed by atoms with van der Waals surface area (Å²) in [5.74, 6) is -0.846. The molecule has 0 unspecified atom stereocenters. The molecule has 172 valence electrons. The third-order valence-electron chi connectivity index (χ3n) is 5.63. The average Bonchev–Trinajstić information content (AvgIpc) is 3.16. The maximum Gasteiger partial charge on any atom is 0.285 e. The highest BCUT2D eigenvalue weighted by Crippen LogP contribution is 2.23. The van der Waals surface area contributed by atoms with E-state index in [0.29, 0.717) is 11.1 Å². The number of pyridine rings is 2. The predicted molar refractivity (Wildman–Crippen MR) is 131 cm³/mol. The van der Waals surface area contributed by atoms with Crippen LogP contribution in [-0.2, 0) is 18.1 Å². The van der Waals surface area contributed by atoms with E-state index in [4.69, 9.17) is 9.94 Å². The fraction of sp³-hybridized carbons (Fsp3) is 0.0714. The Hall–Kier alpha value is -4.46. The highest BCUT2D eigenvalue weighted by atomic mass is 16.7. The summed E-state index contributed by atoms with van der Waals surface area (Å²) in [6.07, 6.45) is 3.50. The normalized spacial score (nSPS) is 12.5. The van der Waals surface area contributed by atoms with E-state index in [0.717, 1.165) is 38.0 Å². The van der Waals surface area contributed by atoms with Crippen molar-refractivity contribution in [2.45, 2.75) is 13.2 Å². The van der Waals surface area contributed by atoms with Crippen molar-refractivity contribution in [1.29, 1.82) is 0 Å². The van der Waals surface area contributed by atoms with Crippen molar-refractivity contribution in [3.8, 4) is 0 Å². The van der Waals surface area contributed by atoms with Crippen molar-refractivity contribution in [3.05, 3.63) is 120 Å². The summed E-state index contributed by atoms with van der Waals surface area (Å²) in [6.45, 7) is 0.223. The Balaban J connectivity index is 0.000000178. The van der Waals surface area contributed by atoms with E-state index in [-0.39, 0.29) is 13.2 Å². The Kier molecular flexibility index (Phi) is 6.26. The highest BCUT2D eigenvalue weighted by molar-refractivity contribution is 6.20. The number of hydroxylamine groups is 2. The maximum atomic E-state index is 12.2. The number of hydrogen-bond donors (Lipinski definition) is 1. The van der Waals surface area contributed by atoms with Crippen LogP contribution >= 0.6 is 0 Å². The number of aliphatic hydroxyl groups is 1. The van der Waals surface area contributed by atoms with Crippen LogP contribution in [0.15, 0.2) is 97.3 Å². The molecule has 1 aliphatic heterocycles. The predicted octanol–water partition coefficient (Wildman–Crippen LogP) is 4.69. The second kappa shape index (κ2) is 9.80. The van der Waals surface area contributed by atoms with Crippen molar-refractivity contribution in [1.82, 2.24) is 15.0 Å². The number of rotatable bonds is 4. The van der Waals surface area contributed by atoms with E-state index in [1.165, 1.54) is 0 Å². The molecule has 35 heavy (non-hydrogen) atoms. The number of nitrogens with zero attached hydrogens (tertiary/aromatic N) is 3. The zero-order valence-corrected chi connectivity index (χ0v) is 18.7. The van der Waals surface area contributed by atoms with Gasteiger partial charge in [0.15, 0.2) is 0 Å². The Morgan fingerprint density at radius 2 is 1.23 bits per heavy atom. The monoisotopic (exact) mass is 463 g/mol. The van der Waals surface area contributed by atoms with Gasteiger partial charge in [0.2, 0.25) is 0 Å². The Labute approximate surface area is 201 Å². The number of benzene rings is 3. The van der Waals surface area contributed by atoms with Crippen molar-refractivity contribution in [3.63, 3.8) is 0 Å². The van der Waals surface area contributed by atoms with Gasteiger partial charge < -0.3 is 5.11 Å². The molecular formula is C28H21N3O4. The van der Waals surface area contributed by atoms with E-state index < -0.39 is 11.8 Å². The number of carbonyl (C=O) groups is 2. The van der Waals surface area contributed by atoms with Gasteiger partial charge in [-0.3, -0.25) is 24.4 Å².